The first-order valence-corrected chi connectivity index (χ1v) is 10.7. The van der Waals surface area contributed by atoms with Gasteiger partial charge in [-0.25, -0.2) is 4.98 Å². The van der Waals surface area contributed by atoms with E-state index in [1.54, 1.807) is 6.07 Å². The maximum absolute atomic E-state index is 12.7. The zero-order valence-electron chi connectivity index (χ0n) is 17.0. The summed E-state index contributed by atoms with van der Waals surface area (Å²) in [5, 5.41) is 1.61. The molecule has 1 aliphatic heterocycles. The third kappa shape index (κ3) is 4.32. The minimum atomic E-state index is -0.0868. The van der Waals surface area contributed by atoms with E-state index in [-0.39, 0.29) is 12.5 Å². The zero-order chi connectivity index (χ0) is 21.3. The fourth-order valence-electron chi connectivity index (χ4n) is 3.69. The molecule has 0 saturated carbocycles. The molecule has 1 aliphatic rings. The minimum absolute atomic E-state index is 0.0642. The van der Waals surface area contributed by atoms with Gasteiger partial charge in [-0.15, -0.1) is 0 Å². The summed E-state index contributed by atoms with van der Waals surface area (Å²) in [5.41, 5.74) is 3.82. The molecule has 1 amide bonds. The Balaban J connectivity index is 1.42. The van der Waals surface area contributed by atoms with E-state index >= 15 is 0 Å². The maximum atomic E-state index is 12.7. The molecule has 1 saturated heterocycles. The second-order valence-corrected chi connectivity index (χ2v) is 8.33. The summed E-state index contributed by atoms with van der Waals surface area (Å²) in [7, 11) is 0. The average molecular weight is 444 g/mol. The molecule has 0 atom stereocenters. The number of halogens is 2. The van der Waals surface area contributed by atoms with Crippen LogP contribution < -0.4 is 9.64 Å². The first kappa shape index (κ1) is 20.8. The second-order valence-electron chi connectivity index (χ2n) is 7.51. The van der Waals surface area contributed by atoms with Gasteiger partial charge >= 0.3 is 0 Å². The number of hydrogen-bond donors (Lipinski definition) is 0. The van der Waals surface area contributed by atoms with Gasteiger partial charge in [0.05, 0.1) is 10.0 Å². The maximum Gasteiger partial charge on any atom is 0.260 e. The van der Waals surface area contributed by atoms with Crippen molar-refractivity contribution in [1.29, 1.82) is 0 Å². The molecule has 156 valence electrons. The Hall–Kier alpha value is -2.50. The molecule has 3 aromatic rings. The summed E-state index contributed by atoms with van der Waals surface area (Å²) in [5.74, 6) is 0.331. The summed E-state index contributed by atoms with van der Waals surface area (Å²) < 4.78 is 5.84. The van der Waals surface area contributed by atoms with Crippen LogP contribution in [0.2, 0.25) is 10.0 Å². The first-order valence-electron chi connectivity index (χ1n) is 9.90. The quantitative estimate of drug-likeness (QED) is 0.575. The standard InChI is InChI=1S/C23H23Cl2N3O2/c1-15-4-3-5-17(12-15)27-8-10-28(11-9-27)21(29)14-30-23-20(25)13-19(24)18-7-6-16(2)26-22(18)23/h3-7,12-13H,8-11,14H2,1-2H3. The van der Waals surface area contributed by atoms with E-state index in [9.17, 15) is 4.79 Å². The number of amides is 1. The van der Waals surface area contributed by atoms with Gasteiger partial charge in [0.1, 0.15) is 5.52 Å². The van der Waals surface area contributed by atoms with Gasteiger partial charge in [0, 0.05) is 42.9 Å². The summed E-state index contributed by atoms with van der Waals surface area (Å²) in [6.07, 6.45) is 0. The molecule has 2 heterocycles. The first-order chi connectivity index (χ1) is 14.4. The van der Waals surface area contributed by atoms with E-state index in [1.165, 1.54) is 11.3 Å². The number of carbonyl (C=O) groups excluding carboxylic acids is 1. The van der Waals surface area contributed by atoms with Gasteiger partial charge in [-0.05, 0) is 49.7 Å². The number of aryl methyl sites for hydroxylation is 2. The molecule has 2 aromatic carbocycles. The van der Waals surface area contributed by atoms with E-state index in [4.69, 9.17) is 27.9 Å². The lowest BCUT2D eigenvalue weighted by Gasteiger charge is -2.36. The van der Waals surface area contributed by atoms with Crippen molar-refractivity contribution in [3.63, 3.8) is 0 Å². The van der Waals surface area contributed by atoms with Crippen molar-refractivity contribution in [3.8, 4) is 5.75 Å². The van der Waals surface area contributed by atoms with Crippen LogP contribution in [0.3, 0.4) is 0 Å². The molecular formula is C23H23Cl2N3O2. The zero-order valence-corrected chi connectivity index (χ0v) is 18.5. The number of rotatable bonds is 4. The largest absolute Gasteiger partial charge is 0.480 e. The molecule has 1 fully saturated rings. The fourth-order valence-corrected chi connectivity index (χ4v) is 4.26. The molecule has 0 aliphatic carbocycles. The predicted octanol–water partition coefficient (Wildman–Crippen LogP) is 4.89. The van der Waals surface area contributed by atoms with Crippen molar-refractivity contribution in [2.45, 2.75) is 13.8 Å². The summed E-state index contributed by atoms with van der Waals surface area (Å²) in [6, 6.07) is 13.8. The number of piperazine rings is 1. The normalized spacial score (nSPS) is 14.3. The number of aromatic nitrogens is 1. The van der Waals surface area contributed by atoms with Gasteiger partial charge in [-0.2, -0.15) is 0 Å². The molecule has 0 radical (unpaired) electrons. The summed E-state index contributed by atoms with van der Waals surface area (Å²) in [4.78, 5) is 21.4. The highest BCUT2D eigenvalue weighted by Crippen LogP contribution is 2.37. The number of ether oxygens (including phenoxy) is 1. The molecule has 0 bridgehead atoms. The molecule has 5 nitrogen and oxygen atoms in total. The van der Waals surface area contributed by atoms with Crippen LogP contribution in [0.1, 0.15) is 11.3 Å². The van der Waals surface area contributed by atoms with E-state index in [0.717, 1.165) is 24.2 Å². The van der Waals surface area contributed by atoms with E-state index in [0.29, 0.717) is 34.4 Å². The lowest BCUT2D eigenvalue weighted by atomic mass is 10.2. The molecule has 0 spiro atoms. The van der Waals surface area contributed by atoms with E-state index in [2.05, 4.69) is 41.1 Å². The molecule has 4 rings (SSSR count). The van der Waals surface area contributed by atoms with E-state index in [1.807, 2.05) is 24.0 Å². The van der Waals surface area contributed by atoms with Crippen molar-refractivity contribution < 1.29 is 9.53 Å². The Kier molecular flexibility index (Phi) is 6.02. The Labute approximate surface area is 186 Å². The van der Waals surface area contributed by atoms with Gasteiger partial charge in [0.25, 0.3) is 5.91 Å². The highest BCUT2D eigenvalue weighted by molar-refractivity contribution is 6.39. The van der Waals surface area contributed by atoms with Crippen LogP contribution >= 0.6 is 23.2 Å². The molecule has 0 N–H and O–H groups in total. The van der Waals surface area contributed by atoms with Crippen LogP contribution in [-0.2, 0) is 4.79 Å². The van der Waals surface area contributed by atoms with Crippen molar-refractivity contribution in [2.75, 3.05) is 37.7 Å². The molecular weight excluding hydrogens is 421 g/mol. The Morgan fingerprint density at radius 2 is 1.80 bits per heavy atom. The average Bonchev–Trinajstić information content (AvgIpc) is 2.73. The molecule has 1 aromatic heterocycles. The van der Waals surface area contributed by atoms with Crippen LogP contribution in [0.5, 0.6) is 5.75 Å². The Bertz CT molecular complexity index is 1100. The van der Waals surface area contributed by atoms with Crippen LogP contribution in [0, 0.1) is 13.8 Å². The topological polar surface area (TPSA) is 45.7 Å². The highest BCUT2D eigenvalue weighted by atomic mass is 35.5. The monoisotopic (exact) mass is 443 g/mol. The number of pyridine rings is 1. The third-order valence-corrected chi connectivity index (χ3v) is 5.91. The minimum Gasteiger partial charge on any atom is -0.480 e. The van der Waals surface area contributed by atoms with Crippen LogP contribution in [0.4, 0.5) is 5.69 Å². The second kappa shape index (κ2) is 8.70. The number of nitrogens with zero attached hydrogens (tertiary/aromatic N) is 3. The van der Waals surface area contributed by atoms with Gasteiger partial charge in [0.2, 0.25) is 0 Å². The number of carbonyl (C=O) groups is 1. The smallest absolute Gasteiger partial charge is 0.260 e. The van der Waals surface area contributed by atoms with Gasteiger partial charge in [-0.1, -0.05) is 35.3 Å². The highest BCUT2D eigenvalue weighted by Gasteiger charge is 2.23. The van der Waals surface area contributed by atoms with Crippen LogP contribution in [0.15, 0.2) is 42.5 Å². The number of benzene rings is 2. The van der Waals surface area contributed by atoms with Gasteiger partial charge in [-0.3, -0.25) is 4.79 Å². The Morgan fingerprint density at radius 1 is 1.03 bits per heavy atom. The van der Waals surface area contributed by atoms with E-state index < -0.39 is 0 Å². The molecule has 30 heavy (non-hydrogen) atoms. The van der Waals surface area contributed by atoms with Gasteiger partial charge in [0.15, 0.2) is 12.4 Å². The number of hydrogen-bond acceptors (Lipinski definition) is 4. The predicted molar refractivity (Wildman–Crippen MR) is 122 cm³/mol. The van der Waals surface area contributed by atoms with Gasteiger partial charge < -0.3 is 14.5 Å². The van der Waals surface area contributed by atoms with Crippen LogP contribution in [-0.4, -0.2) is 48.6 Å². The summed E-state index contributed by atoms with van der Waals surface area (Å²) >= 11 is 12.6. The van der Waals surface area contributed by atoms with Crippen molar-refractivity contribution in [3.05, 3.63) is 63.8 Å². The third-order valence-electron chi connectivity index (χ3n) is 5.32. The van der Waals surface area contributed by atoms with Crippen LogP contribution in [0.25, 0.3) is 10.9 Å². The number of fused-ring (bicyclic) bond motifs is 1. The fraction of sp³-hybridized carbons (Fsp3) is 0.304. The lowest BCUT2D eigenvalue weighted by molar-refractivity contribution is -0.133. The molecule has 0 unspecified atom stereocenters. The number of anilines is 1. The lowest BCUT2D eigenvalue weighted by Crippen LogP contribution is -2.50. The molecule has 7 heteroatoms. The SMILES string of the molecule is Cc1cccc(N2CCN(C(=O)COc3c(Cl)cc(Cl)c4ccc(C)nc34)CC2)c1. The van der Waals surface area contributed by atoms with Crippen molar-refractivity contribution in [2.24, 2.45) is 0 Å². The van der Waals surface area contributed by atoms with Crippen molar-refractivity contribution in [1.82, 2.24) is 9.88 Å². The Morgan fingerprint density at radius 3 is 2.53 bits per heavy atom. The van der Waals surface area contributed by atoms with Crippen molar-refractivity contribution >= 4 is 45.7 Å². The summed E-state index contributed by atoms with van der Waals surface area (Å²) in [6.45, 7) is 6.78.